The van der Waals surface area contributed by atoms with Crippen LogP contribution in [0, 0.1) is 0 Å². The number of nitrogens with one attached hydrogen (secondary N) is 1. The van der Waals surface area contributed by atoms with Gasteiger partial charge in [0.1, 0.15) is 10.8 Å². The van der Waals surface area contributed by atoms with Crippen LogP contribution in [0.3, 0.4) is 0 Å². The van der Waals surface area contributed by atoms with Gasteiger partial charge in [-0.15, -0.1) is 10.2 Å². The van der Waals surface area contributed by atoms with Crippen molar-refractivity contribution in [3.8, 4) is 16.3 Å². The van der Waals surface area contributed by atoms with Gasteiger partial charge in [-0.3, -0.25) is 0 Å². The summed E-state index contributed by atoms with van der Waals surface area (Å²) in [5.41, 5.74) is 0.902. The molecule has 20 heavy (non-hydrogen) atoms. The van der Waals surface area contributed by atoms with Gasteiger partial charge in [0.15, 0.2) is 5.01 Å². The highest BCUT2D eigenvalue weighted by Gasteiger charge is 2.20. The van der Waals surface area contributed by atoms with Crippen molar-refractivity contribution in [1.82, 2.24) is 15.5 Å². The molecule has 0 atom stereocenters. The van der Waals surface area contributed by atoms with E-state index in [2.05, 4.69) is 15.5 Å². The molecule has 0 bridgehead atoms. The summed E-state index contributed by atoms with van der Waals surface area (Å²) in [7, 11) is 1.65. The van der Waals surface area contributed by atoms with Crippen molar-refractivity contribution in [2.45, 2.75) is 25.3 Å². The van der Waals surface area contributed by atoms with Gasteiger partial charge in [-0.2, -0.15) is 0 Å². The summed E-state index contributed by atoms with van der Waals surface area (Å²) >= 11 is 7.64. The minimum absolute atomic E-state index is 0.674. The van der Waals surface area contributed by atoms with Crippen LogP contribution >= 0.6 is 22.9 Å². The first kappa shape index (κ1) is 13.8. The molecule has 0 amide bonds. The van der Waals surface area contributed by atoms with Crippen molar-refractivity contribution in [2.24, 2.45) is 0 Å². The fraction of sp³-hybridized carbons (Fsp3) is 0.429. The molecule has 1 aliphatic carbocycles. The molecule has 0 radical (unpaired) electrons. The highest BCUT2D eigenvalue weighted by atomic mass is 35.5. The first-order chi connectivity index (χ1) is 9.76. The Morgan fingerprint density at radius 1 is 1.40 bits per heavy atom. The average molecular weight is 310 g/mol. The van der Waals surface area contributed by atoms with Crippen molar-refractivity contribution < 1.29 is 4.74 Å². The van der Waals surface area contributed by atoms with Gasteiger partial charge in [-0.05, 0) is 31.0 Å². The van der Waals surface area contributed by atoms with E-state index in [0.29, 0.717) is 5.02 Å². The monoisotopic (exact) mass is 309 g/mol. The number of rotatable bonds is 6. The third kappa shape index (κ3) is 3.29. The first-order valence-electron chi connectivity index (χ1n) is 6.66. The van der Waals surface area contributed by atoms with Crippen LogP contribution < -0.4 is 10.1 Å². The van der Waals surface area contributed by atoms with Crippen molar-refractivity contribution >= 4 is 22.9 Å². The van der Waals surface area contributed by atoms with Crippen LogP contribution in [-0.4, -0.2) is 29.9 Å². The van der Waals surface area contributed by atoms with E-state index in [4.69, 9.17) is 16.3 Å². The van der Waals surface area contributed by atoms with Crippen molar-refractivity contribution in [1.29, 1.82) is 0 Å². The second-order valence-electron chi connectivity index (χ2n) is 4.82. The summed E-state index contributed by atoms with van der Waals surface area (Å²) < 4.78 is 5.35. The molecule has 0 spiro atoms. The fourth-order valence-corrected chi connectivity index (χ4v) is 3.01. The van der Waals surface area contributed by atoms with Crippen LogP contribution in [0.15, 0.2) is 18.2 Å². The number of ether oxygens (including phenoxy) is 1. The highest BCUT2D eigenvalue weighted by molar-refractivity contribution is 7.14. The molecule has 1 N–H and O–H groups in total. The summed E-state index contributed by atoms with van der Waals surface area (Å²) in [5, 5.41) is 14.5. The molecule has 1 fully saturated rings. The molecular weight excluding hydrogens is 294 g/mol. The minimum atomic E-state index is 0.674. The molecule has 3 rings (SSSR count). The van der Waals surface area contributed by atoms with Crippen LogP contribution in [0.5, 0.6) is 5.75 Å². The van der Waals surface area contributed by atoms with E-state index in [1.54, 1.807) is 18.4 Å². The highest BCUT2D eigenvalue weighted by Crippen LogP contribution is 2.34. The fourth-order valence-electron chi connectivity index (χ4n) is 1.98. The molecular formula is C14H16ClN3OS. The molecule has 2 aromatic rings. The Labute approximate surface area is 127 Å². The zero-order valence-corrected chi connectivity index (χ0v) is 12.8. The maximum atomic E-state index is 6.05. The van der Waals surface area contributed by atoms with E-state index in [0.717, 1.165) is 40.3 Å². The lowest BCUT2D eigenvalue weighted by atomic mass is 10.2. The van der Waals surface area contributed by atoms with E-state index in [-0.39, 0.29) is 0 Å². The van der Waals surface area contributed by atoms with Gasteiger partial charge in [-0.25, -0.2) is 0 Å². The normalized spacial score (nSPS) is 14.5. The third-order valence-corrected chi connectivity index (χ3v) is 4.46. The summed E-state index contributed by atoms with van der Waals surface area (Å²) in [6.45, 7) is 0.964. The number of halogens is 1. The molecule has 0 saturated heterocycles. The Kier molecular flexibility index (Phi) is 4.19. The Morgan fingerprint density at radius 3 is 3.00 bits per heavy atom. The largest absolute Gasteiger partial charge is 0.496 e. The lowest BCUT2D eigenvalue weighted by Crippen LogP contribution is -2.19. The molecule has 1 aromatic carbocycles. The van der Waals surface area contributed by atoms with Gasteiger partial charge in [0.25, 0.3) is 0 Å². The number of aromatic nitrogens is 2. The van der Waals surface area contributed by atoms with Crippen molar-refractivity contribution in [2.75, 3.05) is 13.7 Å². The number of nitrogens with zero attached hydrogens (tertiary/aromatic N) is 2. The number of hydrogen-bond acceptors (Lipinski definition) is 5. The average Bonchev–Trinajstić information content (AvgIpc) is 3.15. The van der Waals surface area contributed by atoms with E-state index in [1.807, 2.05) is 18.2 Å². The van der Waals surface area contributed by atoms with Gasteiger partial charge in [0.05, 0.1) is 12.7 Å². The Bertz CT molecular complexity index is 598. The molecule has 0 aliphatic heterocycles. The second kappa shape index (κ2) is 6.08. The molecule has 1 aliphatic rings. The zero-order valence-electron chi connectivity index (χ0n) is 11.2. The molecule has 0 unspecified atom stereocenters. The maximum Gasteiger partial charge on any atom is 0.151 e. The smallest absolute Gasteiger partial charge is 0.151 e. The Balaban J connectivity index is 1.73. The number of benzene rings is 1. The minimum Gasteiger partial charge on any atom is -0.496 e. The lowest BCUT2D eigenvalue weighted by molar-refractivity contribution is 0.416. The Morgan fingerprint density at radius 2 is 2.25 bits per heavy atom. The van der Waals surface area contributed by atoms with Gasteiger partial charge in [0.2, 0.25) is 0 Å². The van der Waals surface area contributed by atoms with Crippen LogP contribution in [0.2, 0.25) is 5.02 Å². The number of methoxy groups -OCH3 is 1. The third-order valence-electron chi connectivity index (χ3n) is 3.21. The lowest BCUT2D eigenvalue weighted by Gasteiger charge is -2.05. The molecule has 6 heteroatoms. The predicted molar refractivity (Wildman–Crippen MR) is 81.6 cm³/mol. The Hall–Kier alpha value is -1.17. The van der Waals surface area contributed by atoms with E-state index >= 15 is 0 Å². The molecule has 4 nitrogen and oxygen atoms in total. The van der Waals surface area contributed by atoms with Gasteiger partial charge in [-0.1, -0.05) is 22.9 Å². The zero-order chi connectivity index (χ0) is 13.9. The quantitative estimate of drug-likeness (QED) is 0.890. The van der Waals surface area contributed by atoms with Crippen LogP contribution in [0.25, 0.3) is 10.6 Å². The summed E-state index contributed by atoms with van der Waals surface area (Å²) in [6.07, 6.45) is 3.53. The molecule has 1 aromatic heterocycles. The first-order valence-corrected chi connectivity index (χ1v) is 7.85. The van der Waals surface area contributed by atoms with Gasteiger partial charge in [0, 0.05) is 24.0 Å². The SMILES string of the molecule is COc1ccc(Cl)cc1-c1nnc(CCNC2CC2)s1. The van der Waals surface area contributed by atoms with Crippen molar-refractivity contribution in [3.63, 3.8) is 0 Å². The summed E-state index contributed by atoms with van der Waals surface area (Å²) in [5.74, 6) is 0.771. The van der Waals surface area contributed by atoms with Gasteiger partial charge >= 0.3 is 0 Å². The van der Waals surface area contributed by atoms with E-state index in [9.17, 15) is 0 Å². The molecule has 106 valence electrons. The second-order valence-corrected chi connectivity index (χ2v) is 6.32. The number of hydrogen-bond donors (Lipinski definition) is 1. The summed E-state index contributed by atoms with van der Waals surface area (Å²) in [4.78, 5) is 0. The van der Waals surface area contributed by atoms with E-state index in [1.165, 1.54) is 12.8 Å². The standard InChI is InChI=1S/C14H16ClN3OS/c1-19-12-5-2-9(15)8-11(12)14-18-17-13(20-14)6-7-16-10-3-4-10/h2,5,8,10,16H,3-4,6-7H2,1H3. The predicted octanol–water partition coefficient (Wildman–Crippen LogP) is 3.16. The van der Waals surface area contributed by atoms with Crippen LogP contribution in [0.1, 0.15) is 17.8 Å². The van der Waals surface area contributed by atoms with Crippen LogP contribution in [-0.2, 0) is 6.42 Å². The molecule has 1 heterocycles. The van der Waals surface area contributed by atoms with Crippen LogP contribution in [0.4, 0.5) is 0 Å². The summed E-state index contributed by atoms with van der Waals surface area (Å²) in [6, 6.07) is 6.27. The maximum absolute atomic E-state index is 6.05. The van der Waals surface area contributed by atoms with E-state index < -0.39 is 0 Å². The van der Waals surface area contributed by atoms with Gasteiger partial charge < -0.3 is 10.1 Å². The topological polar surface area (TPSA) is 47.0 Å². The molecule has 1 saturated carbocycles. The van der Waals surface area contributed by atoms with Crippen molar-refractivity contribution in [3.05, 3.63) is 28.2 Å².